The van der Waals surface area contributed by atoms with Gasteiger partial charge in [-0.15, -0.1) is 0 Å². The Balaban J connectivity index is 1.79. The van der Waals surface area contributed by atoms with Crippen LogP contribution in [-0.2, 0) is 0 Å². The summed E-state index contributed by atoms with van der Waals surface area (Å²) in [7, 11) is 0. The van der Waals surface area contributed by atoms with Crippen LogP contribution in [0.3, 0.4) is 0 Å². The molecule has 0 aromatic heterocycles. The molecule has 1 aromatic rings. The second-order valence-electron chi connectivity index (χ2n) is 4.48. The summed E-state index contributed by atoms with van der Waals surface area (Å²) < 4.78 is 18.8. The van der Waals surface area contributed by atoms with Crippen LogP contribution in [0.4, 0.5) is 4.39 Å². The molecule has 2 rings (SSSR count). The maximum absolute atomic E-state index is 13.3. The van der Waals surface area contributed by atoms with Crippen molar-refractivity contribution in [2.75, 3.05) is 26.2 Å². The predicted molar refractivity (Wildman–Crippen MR) is 66.9 cm³/mol. The van der Waals surface area contributed by atoms with E-state index in [1.807, 2.05) is 6.07 Å². The van der Waals surface area contributed by atoms with Crippen LogP contribution in [0.1, 0.15) is 24.8 Å². The van der Waals surface area contributed by atoms with E-state index >= 15 is 0 Å². The number of nitrogens with zero attached hydrogens (tertiary/aromatic N) is 2. The first-order valence-corrected chi connectivity index (χ1v) is 6.35. The molecule has 3 nitrogen and oxygen atoms in total. The molecule has 1 aromatic carbocycles. The van der Waals surface area contributed by atoms with Crippen LogP contribution in [-0.4, -0.2) is 31.1 Å². The topological polar surface area (TPSA) is 36.3 Å². The fraction of sp³-hybridized carbons (Fsp3) is 0.500. The summed E-state index contributed by atoms with van der Waals surface area (Å²) in [5.74, 6) is -0.173. The van der Waals surface area contributed by atoms with E-state index in [0.717, 1.165) is 13.0 Å². The highest BCUT2D eigenvalue weighted by Crippen LogP contribution is 2.20. The minimum absolute atomic E-state index is 0.00123. The molecule has 4 heteroatoms. The standard InChI is InChI=1S/C14H17FN2O/c15-13-5-3-6-14(12(13)11-16)18-10-4-9-17-7-1-2-8-17/h3,5-6H,1-2,4,7-10H2. The normalized spacial score (nSPS) is 15.6. The van der Waals surface area contributed by atoms with Gasteiger partial charge in [-0.05, 0) is 44.5 Å². The SMILES string of the molecule is N#Cc1c(F)cccc1OCCCN1CCCC1. The molecule has 18 heavy (non-hydrogen) atoms. The number of ether oxygens (including phenoxy) is 1. The number of nitriles is 1. The number of hydrogen-bond donors (Lipinski definition) is 0. The second-order valence-corrected chi connectivity index (χ2v) is 4.48. The lowest BCUT2D eigenvalue weighted by atomic mass is 10.2. The first-order valence-electron chi connectivity index (χ1n) is 6.35. The van der Waals surface area contributed by atoms with Crippen LogP contribution in [0.25, 0.3) is 0 Å². The van der Waals surface area contributed by atoms with Gasteiger partial charge in [0.2, 0.25) is 0 Å². The van der Waals surface area contributed by atoms with E-state index in [0.29, 0.717) is 12.4 Å². The van der Waals surface area contributed by atoms with Gasteiger partial charge in [0.1, 0.15) is 23.2 Å². The zero-order valence-electron chi connectivity index (χ0n) is 10.4. The lowest BCUT2D eigenvalue weighted by Gasteiger charge is -2.14. The van der Waals surface area contributed by atoms with Crippen LogP contribution in [0.5, 0.6) is 5.75 Å². The lowest BCUT2D eigenvalue weighted by molar-refractivity contribution is 0.262. The van der Waals surface area contributed by atoms with Crippen molar-refractivity contribution in [3.8, 4) is 11.8 Å². The van der Waals surface area contributed by atoms with Crippen molar-refractivity contribution in [3.63, 3.8) is 0 Å². The van der Waals surface area contributed by atoms with Crippen LogP contribution in [0.15, 0.2) is 18.2 Å². The molecule has 0 atom stereocenters. The van der Waals surface area contributed by atoms with E-state index in [1.165, 1.54) is 32.0 Å². The molecule has 96 valence electrons. The molecule has 0 bridgehead atoms. The van der Waals surface area contributed by atoms with Gasteiger partial charge in [-0.25, -0.2) is 4.39 Å². The van der Waals surface area contributed by atoms with Crippen LogP contribution in [0.2, 0.25) is 0 Å². The average Bonchev–Trinajstić information content (AvgIpc) is 2.88. The molecule has 0 amide bonds. The summed E-state index contributed by atoms with van der Waals surface area (Å²) in [5.41, 5.74) is -0.00123. The van der Waals surface area contributed by atoms with Crippen molar-refractivity contribution in [1.29, 1.82) is 5.26 Å². The van der Waals surface area contributed by atoms with E-state index in [9.17, 15) is 4.39 Å². The molecule has 0 radical (unpaired) electrons. The van der Waals surface area contributed by atoms with E-state index in [-0.39, 0.29) is 5.56 Å². The third-order valence-corrected chi connectivity index (χ3v) is 3.16. The van der Waals surface area contributed by atoms with E-state index < -0.39 is 5.82 Å². The third-order valence-electron chi connectivity index (χ3n) is 3.16. The summed E-state index contributed by atoms with van der Waals surface area (Å²) in [6, 6.07) is 6.31. The molecule has 1 aliphatic rings. The molecule has 0 N–H and O–H groups in total. The Bertz CT molecular complexity index is 436. The fourth-order valence-corrected chi connectivity index (χ4v) is 2.21. The highest BCUT2D eigenvalue weighted by Gasteiger charge is 2.11. The number of likely N-dealkylation sites (tertiary alicyclic amines) is 1. The first-order chi connectivity index (χ1) is 8.81. The summed E-state index contributed by atoms with van der Waals surface area (Å²) in [5, 5.41) is 8.85. The molecule has 0 unspecified atom stereocenters. The molecular formula is C14H17FN2O. The van der Waals surface area contributed by atoms with E-state index in [2.05, 4.69) is 4.90 Å². The summed E-state index contributed by atoms with van der Waals surface area (Å²) in [6.07, 6.45) is 3.47. The first kappa shape index (κ1) is 12.8. The monoisotopic (exact) mass is 248 g/mol. The quantitative estimate of drug-likeness (QED) is 0.751. The van der Waals surface area contributed by atoms with Crippen molar-refractivity contribution in [3.05, 3.63) is 29.6 Å². The number of halogens is 1. The Labute approximate surface area is 107 Å². The largest absolute Gasteiger partial charge is 0.492 e. The van der Waals surface area contributed by atoms with Crippen LogP contribution < -0.4 is 4.74 Å². The van der Waals surface area contributed by atoms with Crippen molar-refractivity contribution in [1.82, 2.24) is 4.90 Å². The third kappa shape index (κ3) is 3.21. The van der Waals surface area contributed by atoms with Gasteiger partial charge in [0.15, 0.2) is 0 Å². The highest BCUT2D eigenvalue weighted by molar-refractivity contribution is 5.43. The molecule has 1 aliphatic heterocycles. The highest BCUT2D eigenvalue weighted by atomic mass is 19.1. The van der Waals surface area contributed by atoms with Gasteiger partial charge in [-0.3, -0.25) is 0 Å². The summed E-state index contributed by atoms with van der Waals surface area (Å²) in [4.78, 5) is 2.40. The maximum Gasteiger partial charge on any atom is 0.144 e. The Morgan fingerprint density at radius 3 is 2.83 bits per heavy atom. The van der Waals surface area contributed by atoms with Gasteiger partial charge in [-0.2, -0.15) is 5.26 Å². The molecule has 0 aliphatic carbocycles. The molecule has 1 fully saturated rings. The number of benzene rings is 1. The van der Waals surface area contributed by atoms with Crippen molar-refractivity contribution in [2.45, 2.75) is 19.3 Å². The molecule has 0 saturated carbocycles. The van der Waals surface area contributed by atoms with Gasteiger partial charge in [0.05, 0.1) is 6.61 Å². The minimum atomic E-state index is -0.519. The van der Waals surface area contributed by atoms with Gasteiger partial charge in [-0.1, -0.05) is 6.07 Å². The van der Waals surface area contributed by atoms with Crippen molar-refractivity contribution < 1.29 is 9.13 Å². The second kappa shape index (κ2) is 6.36. The Morgan fingerprint density at radius 1 is 1.33 bits per heavy atom. The maximum atomic E-state index is 13.3. The van der Waals surface area contributed by atoms with Gasteiger partial charge in [0.25, 0.3) is 0 Å². The molecule has 1 heterocycles. The van der Waals surface area contributed by atoms with Gasteiger partial charge < -0.3 is 9.64 Å². The zero-order chi connectivity index (χ0) is 12.8. The average molecular weight is 248 g/mol. The number of rotatable bonds is 5. The number of hydrogen-bond acceptors (Lipinski definition) is 3. The Hall–Kier alpha value is -1.60. The van der Waals surface area contributed by atoms with Gasteiger partial charge >= 0.3 is 0 Å². The Kier molecular flexibility index (Phi) is 4.54. The Morgan fingerprint density at radius 2 is 2.11 bits per heavy atom. The van der Waals surface area contributed by atoms with Crippen molar-refractivity contribution >= 4 is 0 Å². The van der Waals surface area contributed by atoms with E-state index in [4.69, 9.17) is 10.00 Å². The summed E-state index contributed by atoms with van der Waals surface area (Å²) in [6.45, 7) is 3.87. The van der Waals surface area contributed by atoms with Crippen LogP contribution >= 0.6 is 0 Å². The van der Waals surface area contributed by atoms with Crippen LogP contribution in [0, 0.1) is 17.1 Å². The predicted octanol–water partition coefficient (Wildman–Crippen LogP) is 2.56. The lowest BCUT2D eigenvalue weighted by Crippen LogP contribution is -2.22. The van der Waals surface area contributed by atoms with Crippen molar-refractivity contribution in [2.24, 2.45) is 0 Å². The fourth-order valence-electron chi connectivity index (χ4n) is 2.21. The minimum Gasteiger partial charge on any atom is -0.492 e. The zero-order valence-corrected chi connectivity index (χ0v) is 10.4. The smallest absolute Gasteiger partial charge is 0.144 e. The summed E-state index contributed by atoms with van der Waals surface area (Å²) >= 11 is 0. The van der Waals surface area contributed by atoms with E-state index in [1.54, 1.807) is 12.1 Å². The molecule has 1 saturated heterocycles. The molecule has 0 spiro atoms. The molecular weight excluding hydrogens is 231 g/mol. The van der Waals surface area contributed by atoms with Gasteiger partial charge in [0, 0.05) is 6.54 Å².